The second-order valence-electron chi connectivity index (χ2n) is 4.30. The molecule has 2 N–H and O–H groups in total. The number of hydrogen-bond donors (Lipinski definition) is 2. The molecule has 0 amide bonds. The van der Waals surface area contributed by atoms with E-state index in [2.05, 4.69) is 0 Å². The summed E-state index contributed by atoms with van der Waals surface area (Å²) >= 11 is 0. The maximum absolute atomic E-state index is 10.7. The average molecular weight is 236 g/mol. The van der Waals surface area contributed by atoms with Crippen molar-refractivity contribution >= 4 is 5.97 Å². The van der Waals surface area contributed by atoms with Gasteiger partial charge in [-0.2, -0.15) is 0 Å². The molecule has 1 heterocycles. The molecular weight excluding hydrogens is 220 g/mol. The van der Waals surface area contributed by atoms with E-state index >= 15 is 0 Å². The van der Waals surface area contributed by atoms with E-state index in [1.165, 1.54) is 0 Å². The fourth-order valence-electron chi connectivity index (χ4n) is 2.13. The summed E-state index contributed by atoms with van der Waals surface area (Å²) in [7, 11) is 0. The molecule has 4 heteroatoms. The highest BCUT2D eigenvalue weighted by Gasteiger charge is 2.17. The number of carboxylic acids is 1. The third-order valence-corrected chi connectivity index (χ3v) is 3.05. The lowest BCUT2D eigenvalue weighted by molar-refractivity contribution is -0.137. The summed E-state index contributed by atoms with van der Waals surface area (Å²) in [5.41, 5.74) is 1.98. The second-order valence-corrected chi connectivity index (χ2v) is 4.30. The molecule has 4 nitrogen and oxygen atoms in total. The lowest BCUT2D eigenvalue weighted by Gasteiger charge is -2.20. The molecule has 0 bridgehead atoms. The van der Waals surface area contributed by atoms with Crippen molar-refractivity contribution in [1.29, 1.82) is 0 Å². The van der Waals surface area contributed by atoms with Gasteiger partial charge in [-0.15, -0.1) is 0 Å². The summed E-state index contributed by atoms with van der Waals surface area (Å²) in [5.74, 6) is -0.343. The van der Waals surface area contributed by atoms with E-state index in [0.29, 0.717) is 0 Å². The molecule has 0 aliphatic carbocycles. The smallest absolute Gasteiger partial charge is 0.304 e. The van der Waals surface area contributed by atoms with Crippen LogP contribution in [0.4, 0.5) is 0 Å². The van der Waals surface area contributed by atoms with Crippen LogP contribution >= 0.6 is 0 Å². The normalized spacial score (nSPS) is 15.8. The van der Waals surface area contributed by atoms with Crippen LogP contribution in [0, 0.1) is 0 Å². The minimum Gasteiger partial charge on any atom is -0.493 e. The van der Waals surface area contributed by atoms with Gasteiger partial charge in [0.2, 0.25) is 0 Å². The highest BCUT2D eigenvalue weighted by Crippen LogP contribution is 2.29. The Kier molecular flexibility index (Phi) is 3.64. The number of carboxylic acid groups (broad SMARTS) is 1. The number of aliphatic hydroxyl groups is 1. The molecule has 92 valence electrons. The first-order valence-corrected chi connectivity index (χ1v) is 5.79. The van der Waals surface area contributed by atoms with E-state index in [9.17, 15) is 9.90 Å². The Balaban J connectivity index is 2.22. The molecule has 1 atom stereocenters. The number of rotatable bonds is 4. The highest BCUT2D eigenvalue weighted by atomic mass is 16.5. The topological polar surface area (TPSA) is 66.8 Å². The quantitative estimate of drug-likeness (QED) is 0.832. The van der Waals surface area contributed by atoms with Crippen LogP contribution in [0.2, 0.25) is 0 Å². The molecule has 1 aromatic rings. The summed E-state index contributed by atoms with van der Waals surface area (Å²) in [6.07, 6.45) is 1.89. The molecule has 0 radical (unpaired) electrons. The Labute approximate surface area is 99.8 Å². The third kappa shape index (κ3) is 2.77. The van der Waals surface area contributed by atoms with Crippen molar-refractivity contribution in [2.75, 3.05) is 13.2 Å². The molecule has 0 fully saturated rings. The number of aliphatic hydroxyl groups excluding tert-OH is 1. The largest absolute Gasteiger partial charge is 0.493 e. The standard InChI is InChI=1S/C13H16O4/c14-8-11(7-13(15)16)9-3-4-12-10(6-9)2-1-5-17-12/h3-4,6,11,14H,1-2,5,7-8H2,(H,15,16). The molecule has 2 rings (SSSR count). The van der Waals surface area contributed by atoms with Gasteiger partial charge in [-0.3, -0.25) is 4.79 Å². The van der Waals surface area contributed by atoms with Gasteiger partial charge >= 0.3 is 5.97 Å². The Morgan fingerprint density at radius 3 is 3.00 bits per heavy atom. The number of fused-ring (bicyclic) bond motifs is 1. The van der Waals surface area contributed by atoms with Crippen molar-refractivity contribution in [3.05, 3.63) is 29.3 Å². The van der Waals surface area contributed by atoms with Crippen LogP contribution in [0.1, 0.15) is 29.9 Å². The van der Waals surface area contributed by atoms with Gasteiger partial charge in [0.25, 0.3) is 0 Å². The summed E-state index contributed by atoms with van der Waals surface area (Å²) in [6.45, 7) is 0.594. The van der Waals surface area contributed by atoms with Crippen molar-refractivity contribution < 1.29 is 19.7 Å². The van der Waals surface area contributed by atoms with Gasteiger partial charge in [-0.25, -0.2) is 0 Å². The van der Waals surface area contributed by atoms with Crippen LogP contribution in [-0.4, -0.2) is 29.4 Å². The summed E-state index contributed by atoms with van der Waals surface area (Å²) in [6, 6.07) is 5.67. The van der Waals surface area contributed by atoms with Crippen LogP contribution in [0.3, 0.4) is 0 Å². The van der Waals surface area contributed by atoms with E-state index in [1.54, 1.807) is 0 Å². The van der Waals surface area contributed by atoms with Crippen LogP contribution in [0.5, 0.6) is 5.75 Å². The minimum atomic E-state index is -0.891. The Hall–Kier alpha value is -1.55. The lowest BCUT2D eigenvalue weighted by atomic mass is 9.93. The fourth-order valence-corrected chi connectivity index (χ4v) is 2.13. The Morgan fingerprint density at radius 1 is 1.47 bits per heavy atom. The monoisotopic (exact) mass is 236 g/mol. The van der Waals surface area contributed by atoms with Crippen molar-refractivity contribution in [2.24, 2.45) is 0 Å². The van der Waals surface area contributed by atoms with Crippen molar-refractivity contribution in [2.45, 2.75) is 25.2 Å². The molecule has 1 aromatic carbocycles. The van der Waals surface area contributed by atoms with Crippen molar-refractivity contribution in [1.82, 2.24) is 0 Å². The van der Waals surface area contributed by atoms with E-state index in [0.717, 1.165) is 36.3 Å². The van der Waals surface area contributed by atoms with Crippen LogP contribution < -0.4 is 4.74 Å². The zero-order valence-corrected chi connectivity index (χ0v) is 9.56. The lowest BCUT2D eigenvalue weighted by Crippen LogP contribution is -2.13. The van der Waals surface area contributed by atoms with E-state index in [4.69, 9.17) is 9.84 Å². The molecule has 17 heavy (non-hydrogen) atoms. The predicted octanol–water partition coefficient (Wildman–Crippen LogP) is 1.56. The summed E-state index contributed by atoms with van der Waals surface area (Å²) in [4.78, 5) is 10.7. The minimum absolute atomic E-state index is 0.0455. The maximum atomic E-state index is 10.7. The first kappa shape index (κ1) is 11.9. The van der Waals surface area contributed by atoms with E-state index in [1.807, 2.05) is 18.2 Å². The van der Waals surface area contributed by atoms with Gasteiger partial charge in [0.15, 0.2) is 0 Å². The zero-order chi connectivity index (χ0) is 12.3. The molecule has 1 aliphatic heterocycles. The predicted molar refractivity (Wildman–Crippen MR) is 62.3 cm³/mol. The van der Waals surface area contributed by atoms with E-state index in [-0.39, 0.29) is 18.9 Å². The van der Waals surface area contributed by atoms with E-state index < -0.39 is 5.97 Å². The molecule has 1 aliphatic rings. The first-order chi connectivity index (χ1) is 8.20. The Bertz CT molecular complexity index is 414. The number of carbonyl (C=O) groups is 1. The second kappa shape index (κ2) is 5.19. The van der Waals surface area contributed by atoms with Crippen LogP contribution in [-0.2, 0) is 11.2 Å². The number of ether oxygens (including phenoxy) is 1. The number of hydrogen-bond acceptors (Lipinski definition) is 3. The Morgan fingerprint density at radius 2 is 2.29 bits per heavy atom. The molecule has 0 saturated heterocycles. The van der Waals surface area contributed by atoms with Gasteiger partial charge in [0.05, 0.1) is 19.6 Å². The zero-order valence-electron chi connectivity index (χ0n) is 9.56. The third-order valence-electron chi connectivity index (χ3n) is 3.05. The SMILES string of the molecule is O=C(O)CC(CO)c1ccc2c(c1)CCCO2. The molecule has 0 aromatic heterocycles. The summed E-state index contributed by atoms with van der Waals surface area (Å²) in [5, 5.41) is 18.0. The van der Waals surface area contributed by atoms with Gasteiger partial charge < -0.3 is 14.9 Å². The number of aliphatic carboxylic acids is 1. The molecular formula is C13H16O4. The average Bonchev–Trinajstić information content (AvgIpc) is 2.35. The van der Waals surface area contributed by atoms with Crippen LogP contribution in [0.25, 0.3) is 0 Å². The molecule has 0 saturated carbocycles. The molecule has 1 unspecified atom stereocenters. The number of benzene rings is 1. The first-order valence-electron chi connectivity index (χ1n) is 5.79. The fraction of sp³-hybridized carbons (Fsp3) is 0.462. The maximum Gasteiger partial charge on any atom is 0.304 e. The van der Waals surface area contributed by atoms with Gasteiger partial charge in [-0.05, 0) is 30.0 Å². The highest BCUT2D eigenvalue weighted by molar-refractivity contribution is 5.68. The van der Waals surface area contributed by atoms with Crippen LogP contribution in [0.15, 0.2) is 18.2 Å². The molecule has 0 spiro atoms. The van der Waals surface area contributed by atoms with Crippen molar-refractivity contribution in [3.8, 4) is 5.75 Å². The van der Waals surface area contributed by atoms with Crippen molar-refractivity contribution in [3.63, 3.8) is 0 Å². The number of aryl methyl sites for hydroxylation is 1. The van der Waals surface area contributed by atoms with Gasteiger partial charge in [0.1, 0.15) is 5.75 Å². The summed E-state index contributed by atoms with van der Waals surface area (Å²) < 4.78 is 5.49. The van der Waals surface area contributed by atoms with Gasteiger partial charge in [0, 0.05) is 5.92 Å². The van der Waals surface area contributed by atoms with Gasteiger partial charge in [-0.1, -0.05) is 12.1 Å².